The van der Waals surface area contributed by atoms with Crippen molar-refractivity contribution in [1.29, 1.82) is 0 Å². The first-order valence-corrected chi connectivity index (χ1v) is 16.8. The molecule has 3 N–H and O–H groups in total. The van der Waals surface area contributed by atoms with Crippen molar-refractivity contribution in [1.82, 2.24) is 10.3 Å². The molecule has 0 radical (unpaired) electrons. The molecular weight excluding hydrogens is 628 g/mol. The fourth-order valence-corrected chi connectivity index (χ4v) is 10.0. The lowest BCUT2D eigenvalue weighted by atomic mass is 9.43. The fraction of sp³-hybridized carbons (Fsp3) is 0.686. The molecular formula is C35H47ClN2O9. The summed E-state index contributed by atoms with van der Waals surface area (Å²) in [5.74, 6) is -2.17. The third-order valence-corrected chi connectivity index (χ3v) is 12.4. The third kappa shape index (κ3) is 5.03. The smallest absolute Gasteiger partial charge is 0.337 e. The summed E-state index contributed by atoms with van der Waals surface area (Å²) >= 11 is 6.01. The van der Waals surface area contributed by atoms with E-state index in [0.717, 1.165) is 11.1 Å². The van der Waals surface area contributed by atoms with E-state index in [0.29, 0.717) is 23.6 Å². The van der Waals surface area contributed by atoms with Crippen LogP contribution in [0.4, 0.5) is 0 Å². The number of aromatic nitrogens is 1. The maximum absolute atomic E-state index is 13.7. The molecule has 12 heteroatoms. The number of carbonyl (C=O) groups is 2. The first-order chi connectivity index (χ1) is 22.1. The Labute approximate surface area is 281 Å². The summed E-state index contributed by atoms with van der Waals surface area (Å²) in [4.78, 5) is 30.6. The molecule has 0 unspecified atom stereocenters. The predicted molar refractivity (Wildman–Crippen MR) is 171 cm³/mol. The number of hydrogen-bond donors (Lipinski definition) is 3. The number of aliphatic hydroxyl groups excluding tert-OH is 1. The van der Waals surface area contributed by atoms with E-state index in [1.165, 1.54) is 13.1 Å². The zero-order valence-corrected chi connectivity index (χ0v) is 28.9. The molecule has 2 saturated carbocycles. The summed E-state index contributed by atoms with van der Waals surface area (Å²) in [6.07, 6.45) is -0.204. The summed E-state index contributed by atoms with van der Waals surface area (Å²) in [6, 6.07) is 2.39. The molecule has 2 bridgehead atoms. The standard InChI is InChI=1S/C35H47ClN2O9/c1-9-24-45-28-25-17(2)22(44-31(41)27(40)26(37-8)21-11-10-20(36)15-38-21)14-35(42,32(25,5)6)18(3)29-33(7,30(28)46-24)13-12-23-34(29,16-43-23)47-19(4)39/h9-11,15,18,22-24,26-30,37,40,42H,1,12-14,16H2,2-8H3/t18-,22-,23+,24+,26-,27+,28+,29-,30+,33+,34-,35+/m0/s1. The quantitative estimate of drug-likeness (QED) is 0.287. The Balaban J connectivity index is 1.45. The second-order valence-electron chi connectivity index (χ2n) is 14.8. The molecule has 2 saturated heterocycles. The number of aliphatic hydroxyl groups is 2. The van der Waals surface area contributed by atoms with Crippen LogP contribution >= 0.6 is 11.6 Å². The molecule has 2 aliphatic heterocycles. The highest BCUT2D eigenvalue weighted by molar-refractivity contribution is 6.30. The number of nitrogens with one attached hydrogen (secondary N) is 1. The van der Waals surface area contributed by atoms with Gasteiger partial charge in [-0.1, -0.05) is 45.9 Å². The number of pyridine rings is 1. The maximum Gasteiger partial charge on any atom is 0.337 e. The molecule has 0 spiro atoms. The summed E-state index contributed by atoms with van der Waals surface area (Å²) in [5.41, 5.74) is -2.01. The highest BCUT2D eigenvalue weighted by atomic mass is 35.5. The number of rotatable bonds is 7. The van der Waals surface area contributed by atoms with Crippen LogP contribution < -0.4 is 5.32 Å². The van der Waals surface area contributed by atoms with Gasteiger partial charge in [-0.05, 0) is 62.1 Å². The Hall–Kier alpha value is -2.38. The van der Waals surface area contributed by atoms with Crippen molar-refractivity contribution >= 4 is 23.5 Å². The number of carbonyl (C=O) groups excluding carboxylic acids is 2. The average molecular weight is 675 g/mol. The topological polar surface area (TPSA) is 146 Å². The number of fused-ring (bicyclic) bond motifs is 8. The molecule has 3 aliphatic carbocycles. The lowest BCUT2D eigenvalue weighted by molar-refractivity contribution is -0.337. The van der Waals surface area contributed by atoms with Crippen LogP contribution in [-0.4, -0.2) is 88.8 Å². The van der Waals surface area contributed by atoms with Gasteiger partial charge in [-0.25, -0.2) is 4.79 Å². The van der Waals surface area contributed by atoms with Crippen molar-refractivity contribution < 1.29 is 43.5 Å². The van der Waals surface area contributed by atoms with Crippen molar-refractivity contribution in [3.8, 4) is 0 Å². The van der Waals surface area contributed by atoms with Gasteiger partial charge in [0.25, 0.3) is 0 Å². The summed E-state index contributed by atoms with van der Waals surface area (Å²) in [6.45, 7) is 15.5. The van der Waals surface area contributed by atoms with Crippen LogP contribution in [-0.2, 0) is 33.3 Å². The normalized spacial score (nSPS) is 41.5. The number of ether oxygens (including phenoxy) is 5. The average Bonchev–Trinajstić information content (AvgIpc) is 3.43. The second-order valence-corrected chi connectivity index (χ2v) is 15.2. The van der Waals surface area contributed by atoms with Gasteiger partial charge in [-0.2, -0.15) is 0 Å². The minimum atomic E-state index is -1.61. The molecule has 3 heterocycles. The van der Waals surface area contributed by atoms with Crippen LogP contribution in [0.15, 0.2) is 42.1 Å². The van der Waals surface area contributed by atoms with Crippen molar-refractivity contribution in [3.63, 3.8) is 0 Å². The van der Waals surface area contributed by atoms with Gasteiger partial charge in [0, 0.05) is 36.3 Å². The van der Waals surface area contributed by atoms with Crippen LogP contribution in [0.1, 0.15) is 72.5 Å². The Morgan fingerprint density at radius 2 is 1.98 bits per heavy atom. The van der Waals surface area contributed by atoms with Gasteiger partial charge in [0.2, 0.25) is 0 Å². The molecule has 11 nitrogen and oxygen atoms in total. The number of nitrogens with zero attached hydrogens (tertiary/aromatic N) is 1. The largest absolute Gasteiger partial charge is 0.456 e. The minimum Gasteiger partial charge on any atom is -0.456 e. The molecule has 4 fully saturated rings. The van der Waals surface area contributed by atoms with Crippen LogP contribution in [0.3, 0.4) is 0 Å². The molecule has 258 valence electrons. The number of esters is 2. The SMILES string of the molecule is C=C[C@@H]1O[C@@H]2C3=C(C)[C@@H](OC(=O)[C@H](O)[C@@H](NC)c4ccc(Cl)cn4)C[C@@](O)([C@@H](C)[C@H]4[C@@](C)(CC[C@H]5OC[C@]54OC(C)=O)[C@@H]2O1)C3(C)C. The van der Waals surface area contributed by atoms with Gasteiger partial charge < -0.3 is 39.2 Å². The Morgan fingerprint density at radius 1 is 1.26 bits per heavy atom. The lowest BCUT2D eigenvalue weighted by Gasteiger charge is -2.68. The summed E-state index contributed by atoms with van der Waals surface area (Å²) in [5, 5.41) is 27.8. The van der Waals surface area contributed by atoms with E-state index in [-0.39, 0.29) is 19.1 Å². The van der Waals surface area contributed by atoms with E-state index in [9.17, 15) is 19.8 Å². The Bertz CT molecular complexity index is 1470. The summed E-state index contributed by atoms with van der Waals surface area (Å²) in [7, 11) is 1.61. The molecule has 12 atom stereocenters. The van der Waals surface area contributed by atoms with E-state index < -0.39 is 82.6 Å². The molecule has 6 rings (SSSR count). The van der Waals surface area contributed by atoms with Crippen molar-refractivity contribution in [2.24, 2.45) is 22.7 Å². The Morgan fingerprint density at radius 3 is 2.55 bits per heavy atom. The van der Waals surface area contributed by atoms with Crippen molar-refractivity contribution in [3.05, 3.63) is 52.8 Å². The number of likely N-dealkylation sites (N-methyl/N-ethyl adjacent to an activating group) is 1. The first-order valence-electron chi connectivity index (χ1n) is 16.4. The zero-order chi connectivity index (χ0) is 34.3. The van der Waals surface area contributed by atoms with Gasteiger partial charge in [-0.3, -0.25) is 9.78 Å². The van der Waals surface area contributed by atoms with E-state index in [1.807, 2.05) is 27.7 Å². The lowest BCUT2D eigenvalue weighted by Crippen LogP contribution is -2.77. The van der Waals surface area contributed by atoms with Gasteiger partial charge in [0.05, 0.1) is 35.1 Å². The van der Waals surface area contributed by atoms with Gasteiger partial charge in [0.1, 0.15) is 18.3 Å². The monoisotopic (exact) mass is 674 g/mol. The van der Waals surface area contributed by atoms with E-state index in [1.54, 1.807) is 25.3 Å². The number of hydrogen-bond acceptors (Lipinski definition) is 11. The van der Waals surface area contributed by atoms with E-state index >= 15 is 0 Å². The van der Waals surface area contributed by atoms with Gasteiger partial charge in [0.15, 0.2) is 18.0 Å². The highest BCUT2D eigenvalue weighted by Gasteiger charge is 2.75. The fourth-order valence-electron chi connectivity index (χ4n) is 9.89. The number of halogens is 1. The predicted octanol–water partition coefficient (Wildman–Crippen LogP) is 3.81. The molecule has 5 aliphatic rings. The van der Waals surface area contributed by atoms with E-state index in [4.69, 9.17) is 35.3 Å². The summed E-state index contributed by atoms with van der Waals surface area (Å²) < 4.78 is 31.6. The zero-order valence-electron chi connectivity index (χ0n) is 28.1. The Kier molecular flexibility index (Phi) is 8.73. The minimum absolute atomic E-state index is 0.0514. The van der Waals surface area contributed by atoms with Crippen molar-refractivity contribution in [2.45, 2.75) is 115 Å². The molecule has 1 aromatic heterocycles. The highest BCUT2D eigenvalue weighted by Crippen LogP contribution is 2.67. The van der Waals surface area contributed by atoms with Gasteiger partial charge >= 0.3 is 11.9 Å². The molecule has 1 aromatic rings. The van der Waals surface area contributed by atoms with Crippen LogP contribution in [0.5, 0.6) is 0 Å². The molecule has 47 heavy (non-hydrogen) atoms. The molecule has 0 aromatic carbocycles. The van der Waals surface area contributed by atoms with E-state index in [2.05, 4.69) is 23.8 Å². The van der Waals surface area contributed by atoms with Crippen LogP contribution in [0.2, 0.25) is 5.02 Å². The van der Waals surface area contributed by atoms with Gasteiger partial charge in [-0.15, -0.1) is 0 Å². The molecule has 0 amide bonds. The third-order valence-electron chi connectivity index (χ3n) is 12.1. The van der Waals surface area contributed by atoms with Crippen LogP contribution in [0.25, 0.3) is 0 Å². The van der Waals surface area contributed by atoms with Crippen molar-refractivity contribution in [2.75, 3.05) is 13.7 Å². The second kappa shape index (κ2) is 11.9. The maximum atomic E-state index is 13.7. The van der Waals surface area contributed by atoms with Crippen LogP contribution in [0, 0.1) is 22.7 Å². The first kappa shape index (κ1) is 34.5.